The van der Waals surface area contributed by atoms with E-state index in [1.165, 1.54) is 19.3 Å². The second-order valence-electron chi connectivity index (χ2n) is 5.46. The van der Waals surface area contributed by atoms with Crippen LogP contribution in [0.1, 0.15) is 47.8 Å². The number of hydrogen-bond donors (Lipinski definition) is 0. The minimum atomic E-state index is 0.976. The molecule has 72 valence electrons. The van der Waals surface area contributed by atoms with Crippen LogP contribution in [0.3, 0.4) is 0 Å². The molecule has 4 atom stereocenters. The maximum Gasteiger partial charge on any atom is -0.00564 e. The second-order valence-corrected chi connectivity index (χ2v) is 5.46. The molecule has 0 amide bonds. The van der Waals surface area contributed by atoms with Crippen LogP contribution < -0.4 is 0 Å². The molecule has 2 bridgehead atoms. The van der Waals surface area contributed by atoms with Gasteiger partial charge in [-0.2, -0.15) is 0 Å². The van der Waals surface area contributed by atoms with Crippen LogP contribution in [0.5, 0.6) is 0 Å². The van der Waals surface area contributed by atoms with E-state index in [9.17, 15) is 0 Å². The first-order chi connectivity index (χ1) is 6.86. The normalized spacial score (nSPS) is 41.8. The van der Waals surface area contributed by atoms with Gasteiger partial charge in [-0.05, 0) is 66.5 Å². The lowest BCUT2D eigenvalue weighted by Crippen LogP contribution is -2.30. The Kier molecular flexibility index (Phi) is 1.20. The van der Waals surface area contributed by atoms with Crippen molar-refractivity contribution in [3.05, 3.63) is 34.9 Å². The van der Waals surface area contributed by atoms with Crippen LogP contribution in [0.15, 0.2) is 18.2 Å². The number of fused-ring (bicyclic) bond motifs is 8. The molecular weight excluding hydrogens is 168 g/mol. The van der Waals surface area contributed by atoms with Crippen molar-refractivity contribution in [2.75, 3.05) is 0 Å². The molecule has 0 heteroatoms. The summed E-state index contributed by atoms with van der Waals surface area (Å²) in [6.07, 6.45) is 4.56. The largest absolute Gasteiger partial charge is 0.0617 e. The van der Waals surface area contributed by atoms with Gasteiger partial charge in [0, 0.05) is 0 Å². The van der Waals surface area contributed by atoms with Gasteiger partial charge in [-0.25, -0.2) is 0 Å². The Balaban J connectivity index is 1.91. The number of benzene rings is 1. The summed E-state index contributed by atoms with van der Waals surface area (Å²) in [4.78, 5) is 0. The maximum atomic E-state index is 2.38. The van der Waals surface area contributed by atoms with Crippen LogP contribution in [-0.4, -0.2) is 0 Å². The van der Waals surface area contributed by atoms with Crippen molar-refractivity contribution in [3.8, 4) is 0 Å². The SMILES string of the molecule is Cc1cccc2c1C1C3CCC(C3)C21. The standard InChI is InChI=1S/C14H16/c1-8-3-2-4-11-12(8)14-10-6-5-9(7-10)13(11)14/h2-4,9-10,13-14H,5-7H2,1H3. The lowest BCUT2D eigenvalue weighted by Gasteiger charge is -2.44. The Morgan fingerprint density at radius 1 is 1.07 bits per heavy atom. The molecular formula is C14H16. The summed E-state index contributed by atoms with van der Waals surface area (Å²) in [5.74, 6) is 4.06. The molecule has 0 heterocycles. The molecule has 2 fully saturated rings. The van der Waals surface area contributed by atoms with Gasteiger partial charge in [0.2, 0.25) is 0 Å². The summed E-state index contributed by atoms with van der Waals surface area (Å²) in [5, 5.41) is 0. The third kappa shape index (κ3) is 0.657. The quantitative estimate of drug-likeness (QED) is 0.578. The molecule has 0 N–H and O–H groups in total. The Labute approximate surface area is 85.3 Å². The Morgan fingerprint density at radius 2 is 1.86 bits per heavy atom. The molecule has 0 spiro atoms. The van der Waals surface area contributed by atoms with E-state index in [0.717, 1.165) is 23.7 Å². The summed E-state index contributed by atoms with van der Waals surface area (Å²) >= 11 is 0. The van der Waals surface area contributed by atoms with Gasteiger partial charge in [0.05, 0.1) is 0 Å². The van der Waals surface area contributed by atoms with Crippen molar-refractivity contribution in [1.29, 1.82) is 0 Å². The van der Waals surface area contributed by atoms with Crippen molar-refractivity contribution in [1.82, 2.24) is 0 Å². The van der Waals surface area contributed by atoms with E-state index in [1.54, 1.807) is 16.7 Å². The number of aryl methyl sites for hydroxylation is 1. The van der Waals surface area contributed by atoms with E-state index in [4.69, 9.17) is 0 Å². The molecule has 1 aromatic carbocycles. The van der Waals surface area contributed by atoms with Crippen molar-refractivity contribution < 1.29 is 0 Å². The summed E-state index contributed by atoms with van der Waals surface area (Å²) in [5.41, 5.74) is 5.00. The zero-order valence-electron chi connectivity index (χ0n) is 8.66. The van der Waals surface area contributed by atoms with Crippen LogP contribution in [0.4, 0.5) is 0 Å². The topological polar surface area (TPSA) is 0 Å². The molecule has 2 saturated carbocycles. The smallest absolute Gasteiger partial charge is 0.00564 e. The Bertz CT molecular complexity index is 404. The summed E-state index contributed by atoms with van der Waals surface area (Å²) in [6.45, 7) is 2.29. The number of rotatable bonds is 0. The second kappa shape index (κ2) is 2.24. The monoisotopic (exact) mass is 184 g/mol. The van der Waals surface area contributed by atoms with E-state index in [2.05, 4.69) is 25.1 Å². The van der Waals surface area contributed by atoms with Gasteiger partial charge in [-0.15, -0.1) is 0 Å². The maximum absolute atomic E-state index is 2.38. The first-order valence-electron chi connectivity index (χ1n) is 5.95. The lowest BCUT2D eigenvalue weighted by atomic mass is 9.60. The van der Waals surface area contributed by atoms with E-state index in [-0.39, 0.29) is 0 Å². The van der Waals surface area contributed by atoms with Gasteiger partial charge < -0.3 is 0 Å². The molecule has 4 unspecified atom stereocenters. The van der Waals surface area contributed by atoms with Crippen LogP contribution in [0.25, 0.3) is 0 Å². The Morgan fingerprint density at radius 3 is 2.71 bits per heavy atom. The van der Waals surface area contributed by atoms with Gasteiger partial charge in [-0.3, -0.25) is 0 Å². The molecule has 0 aliphatic heterocycles. The minimum Gasteiger partial charge on any atom is -0.0617 e. The predicted octanol–water partition coefficient (Wildman–Crippen LogP) is 3.61. The highest BCUT2D eigenvalue weighted by Gasteiger charge is 2.55. The molecule has 0 nitrogen and oxygen atoms in total. The summed E-state index contributed by atoms with van der Waals surface area (Å²) < 4.78 is 0. The molecule has 0 saturated heterocycles. The number of hydrogen-bond acceptors (Lipinski definition) is 0. The Hall–Kier alpha value is -0.780. The molecule has 4 rings (SSSR count). The van der Waals surface area contributed by atoms with Crippen LogP contribution in [0.2, 0.25) is 0 Å². The molecule has 0 radical (unpaired) electrons. The molecule has 3 aliphatic rings. The zero-order valence-corrected chi connectivity index (χ0v) is 8.66. The lowest BCUT2D eigenvalue weighted by molar-refractivity contribution is 0.321. The highest BCUT2D eigenvalue weighted by Crippen LogP contribution is 2.68. The van der Waals surface area contributed by atoms with Crippen LogP contribution >= 0.6 is 0 Å². The van der Waals surface area contributed by atoms with Crippen LogP contribution in [0, 0.1) is 18.8 Å². The van der Waals surface area contributed by atoms with Crippen molar-refractivity contribution >= 4 is 0 Å². The van der Waals surface area contributed by atoms with Gasteiger partial charge in [0.25, 0.3) is 0 Å². The van der Waals surface area contributed by atoms with Crippen molar-refractivity contribution in [3.63, 3.8) is 0 Å². The fourth-order valence-electron chi connectivity index (χ4n) is 4.51. The summed E-state index contributed by atoms with van der Waals surface area (Å²) in [7, 11) is 0. The van der Waals surface area contributed by atoms with E-state index >= 15 is 0 Å². The van der Waals surface area contributed by atoms with Crippen molar-refractivity contribution in [2.45, 2.75) is 38.0 Å². The first-order valence-corrected chi connectivity index (χ1v) is 5.95. The van der Waals surface area contributed by atoms with E-state index in [1.807, 2.05) is 0 Å². The predicted molar refractivity (Wildman–Crippen MR) is 57.5 cm³/mol. The van der Waals surface area contributed by atoms with E-state index in [0.29, 0.717) is 0 Å². The highest BCUT2D eigenvalue weighted by molar-refractivity contribution is 5.52. The van der Waals surface area contributed by atoms with Crippen molar-refractivity contribution in [2.24, 2.45) is 11.8 Å². The summed E-state index contributed by atoms with van der Waals surface area (Å²) in [6, 6.07) is 6.92. The third-order valence-corrected chi connectivity index (χ3v) is 4.97. The average molecular weight is 184 g/mol. The van der Waals surface area contributed by atoms with E-state index < -0.39 is 0 Å². The van der Waals surface area contributed by atoms with Crippen LogP contribution in [-0.2, 0) is 0 Å². The fraction of sp³-hybridized carbons (Fsp3) is 0.571. The molecule has 3 aliphatic carbocycles. The minimum absolute atomic E-state index is 0.976. The molecule has 1 aromatic rings. The van der Waals surface area contributed by atoms with Gasteiger partial charge in [0.1, 0.15) is 0 Å². The zero-order chi connectivity index (χ0) is 9.28. The fourth-order valence-corrected chi connectivity index (χ4v) is 4.51. The van der Waals surface area contributed by atoms with Gasteiger partial charge in [-0.1, -0.05) is 18.2 Å². The molecule has 0 aromatic heterocycles. The van der Waals surface area contributed by atoms with Gasteiger partial charge in [0.15, 0.2) is 0 Å². The van der Waals surface area contributed by atoms with Gasteiger partial charge >= 0.3 is 0 Å². The highest BCUT2D eigenvalue weighted by atomic mass is 14.6. The average Bonchev–Trinajstić information content (AvgIpc) is 2.68. The third-order valence-electron chi connectivity index (χ3n) is 4.97. The first kappa shape index (κ1) is 7.50. The molecule has 14 heavy (non-hydrogen) atoms.